The van der Waals surface area contributed by atoms with E-state index in [9.17, 15) is 4.79 Å². The highest BCUT2D eigenvalue weighted by Crippen LogP contribution is 2.29. The number of amides is 1. The quantitative estimate of drug-likeness (QED) is 0.694. The molecule has 0 aliphatic carbocycles. The molecule has 1 amide bonds. The Bertz CT molecular complexity index is 233. The lowest BCUT2D eigenvalue weighted by Crippen LogP contribution is -2.44. The number of nitrogens with one attached hydrogen (secondary N) is 2. The van der Waals surface area contributed by atoms with Crippen molar-refractivity contribution in [1.29, 1.82) is 0 Å². The Kier molecular flexibility index (Phi) is 5.92. The van der Waals surface area contributed by atoms with Crippen LogP contribution in [0.5, 0.6) is 0 Å². The number of nitrogens with zero attached hydrogens (tertiary/aromatic N) is 1. The molecule has 1 unspecified atom stereocenters. The summed E-state index contributed by atoms with van der Waals surface area (Å²) in [4.78, 5) is 14.5. The first-order chi connectivity index (χ1) is 8.18. The van der Waals surface area contributed by atoms with Gasteiger partial charge in [-0.25, -0.2) is 0 Å². The third-order valence-electron chi connectivity index (χ3n) is 4.01. The van der Waals surface area contributed by atoms with Gasteiger partial charge in [-0.05, 0) is 32.5 Å². The van der Waals surface area contributed by atoms with E-state index in [1.807, 2.05) is 0 Å². The van der Waals surface area contributed by atoms with Gasteiger partial charge in [0, 0.05) is 19.6 Å². The molecule has 4 heteroatoms. The molecular weight excluding hydrogens is 214 g/mol. The zero-order chi connectivity index (χ0) is 12.7. The second-order valence-corrected chi connectivity index (χ2v) is 4.84. The molecule has 1 aliphatic heterocycles. The van der Waals surface area contributed by atoms with Crippen LogP contribution in [-0.4, -0.2) is 50.1 Å². The van der Waals surface area contributed by atoms with Crippen molar-refractivity contribution in [2.75, 3.05) is 39.3 Å². The molecule has 1 atom stereocenters. The molecule has 4 nitrogen and oxygen atoms in total. The molecule has 0 radical (unpaired) electrons. The van der Waals surface area contributed by atoms with Crippen LogP contribution in [0.25, 0.3) is 0 Å². The van der Waals surface area contributed by atoms with Crippen molar-refractivity contribution in [3.05, 3.63) is 0 Å². The Balaban J connectivity index is 2.33. The van der Waals surface area contributed by atoms with Crippen LogP contribution in [0, 0.1) is 5.41 Å². The molecule has 0 aromatic carbocycles. The van der Waals surface area contributed by atoms with Gasteiger partial charge in [0.15, 0.2) is 0 Å². The summed E-state index contributed by atoms with van der Waals surface area (Å²) in [6.45, 7) is 12.0. The van der Waals surface area contributed by atoms with Gasteiger partial charge in [-0.3, -0.25) is 4.79 Å². The summed E-state index contributed by atoms with van der Waals surface area (Å²) in [6.07, 6.45) is 1.90. The van der Waals surface area contributed by atoms with E-state index in [0.717, 1.165) is 52.1 Å². The summed E-state index contributed by atoms with van der Waals surface area (Å²) < 4.78 is 0. The summed E-state index contributed by atoms with van der Waals surface area (Å²) in [7, 11) is 0. The van der Waals surface area contributed by atoms with E-state index in [0.29, 0.717) is 0 Å². The molecule has 0 aromatic rings. The minimum absolute atomic E-state index is 0.150. The minimum atomic E-state index is -0.150. The van der Waals surface area contributed by atoms with Crippen LogP contribution < -0.4 is 10.6 Å². The van der Waals surface area contributed by atoms with E-state index in [1.165, 1.54) is 0 Å². The fourth-order valence-electron chi connectivity index (χ4n) is 2.45. The second-order valence-electron chi connectivity index (χ2n) is 4.84. The number of carbonyl (C=O) groups excluding carboxylic acids is 1. The Hall–Kier alpha value is -0.610. The molecule has 0 spiro atoms. The number of carbonyl (C=O) groups is 1. The lowest BCUT2D eigenvalue weighted by Gasteiger charge is -2.26. The zero-order valence-corrected chi connectivity index (χ0v) is 11.5. The average molecular weight is 241 g/mol. The van der Waals surface area contributed by atoms with Crippen LogP contribution in [0.4, 0.5) is 0 Å². The highest BCUT2D eigenvalue weighted by atomic mass is 16.2. The smallest absolute Gasteiger partial charge is 0.227 e. The van der Waals surface area contributed by atoms with Crippen molar-refractivity contribution < 1.29 is 4.79 Å². The highest BCUT2D eigenvalue weighted by molar-refractivity contribution is 5.83. The van der Waals surface area contributed by atoms with Gasteiger partial charge in [-0.2, -0.15) is 0 Å². The van der Waals surface area contributed by atoms with E-state index in [2.05, 4.69) is 36.3 Å². The van der Waals surface area contributed by atoms with Gasteiger partial charge in [0.25, 0.3) is 0 Å². The van der Waals surface area contributed by atoms with Crippen LogP contribution in [0.3, 0.4) is 0 Å². The van der Waals surface area contributed by atoms with Crippen LogP contribution in [0.2, 0.25) is 0 Å². The Morgan fingerprint density at radius 2 is 2.06 bits per heavy atom. The van der Waals surface area contributed by atoms with Crippen molar-refractivity contribution in [3.8, 4) is 0 Å². The third kappa shape index (κ3) is 3.68. The summed E-state index contributed by atoms with van der Waals surface area (Å²) in [5.41, 5.74) is -0.150. The van der Waals surface area contributed by atoms with Crippen LogP contribution >= 0.6 is 0 Å². The van der Waals surface area contributed by atoms with Gasteiger partial charge in [0.2, 0.25) is 5.91 Å². The summed E-state index contributed by atoms with van der Waals surface area (Å²) in [5.74, 6) is 0.233. The molecule has 1 heterocycles. The van der Waals surface area contributed by atoms with Crippen LogP contribution in [0.1, 0.15) is 33.6 Å². The van der Waals surface area contributed by atoms with Crippen molar-refractivity contribution in [1.82, 2.24) is 15.5 Å². The molecule has 17 heavy (non-hydrogen) atoms. The molecule has 1 aliphatic rings. The normalized spacial score (nSPS) is 24.2. The van der Waals surface area contributed by atoms with E-state index in [-0.39, 0.29) is 11.3 Å². The molecule has 0 saturated carbocycles. The highest BCUT2D eigenvalue weighted by Gasteiger charge is 2.39. The van der Waals surface area contributed by atoms with Crippen LogP contribution in [-0.2, 0) is 4.79 Å². The van der Waals surface area contributed by atoms with E-state index < -0.39 is 0 Å². The van der Waals surface area contributed by atoms with Crippen molar-refractivity contribution in [2.45, 2.75) is 33.6 Å². The molecule has 1 rings (SSSR count). The fourth-order valence-corrected chi connectivity index (χ4v) is 2.45. The summed E-state index contributed by atoms with van der Waals surface area (Å²) in [6, 6.07) is 0. The molecule has 1 fully saturated rings. The molecule has 2 N–H and O–H groups in total. The summed E-state index contributed by atoms with van der Waals surface area (Å²) >= 11 is 0. The van der Waals surface area contributed by atoms with Crippen LogP contribution in [0.15, 0.2) is 0 Å². The standard InChI is InChI=1S/C13H27N3O/c1-4-13(7-8-14-11-13)12(17)15-9-10-16(5-2)6-3/h14H,4-11H2,1-3H3,(H,15,17). The van der Waals surface area contributed by atoms with E-state index in [1.54, 1.807) is 0 Å². The van der Waals surface area contributed by atoms with Gasteiger partial charge >= 0.3 is 0 Å². The maximum absolute atomic E-state index is 12.2. The van der Waals surface area contributed by atoms with Gasteiger partial charge in [0.05, 0.1) is 5.41 Å². The number of likely N-dealkylation sites (N-methyl/N-ethyl adjacent to an activating group) is 1. The van der Waals surface area contributed by atoms with E-state index >= 15 is 0 Å². The first kappa shape index (κ1) is 14.5. The van der Waals surface area contributed by atoms with Gasteiger partial charge in [0.1, 0.15) is 0 Å². The predicted octanol–water partition coefficient (Wildman–Crippen LogP) is 0.834. The maximum atomic E-state index is 12.2. The molecule has 0 aromatic heterocycles. The van der Waals surface area contributed by atoms with Gasteiger partial charge in [-0.1, -0.05) is 20.8 Å². The third-order valence-corrected chi connectivity index (χ3v) is 4.01. The number of hydrogen-bond donors (Lipinski definition) is 2. The first-order valence-corrected chi connectivity index (χ1v) is 6.90. The van der Waals surface area contributed by atoms with Crippen molar-refractivity contribution >= 4 is 5.91 Å². The predicted molar refractivity (Wildman–Crippen MR) is 71.0 cm³/mol. The first-order valence-electron chi connectivity index (χ1n) is 6.90. The number of rotatable bonds is 7. The average Bonchev–Trinajstić information content (AvgIpc) is 2.84. The maximum Gasteiger partial charge on any atom is 0.227 e. The lowest BCUT2D eigenvalue weighted by molar-refractivity contribution is -0.130. The molecule has 0 bridgehead atoms. The van der Waals surface area contributed by atoms with Crippen molar-refractivity contribution in [2.24, 2.45) is 5.41 Å². The van der Waals surface area contributed by atoms with Crippen molar-refractivity contribution in [3.63, 3.8) is 0 Å². The molecule has 1 saturated heterocycles. The van der Waals surface area contributed by atoms with Gasteiger partial charge < -0.3 is 15.5 Å². The van der Waals surface area contributed by atoms with Gasteiger partial charge in [-0.15, -0.1) is 0 Å². The fraction of sp³-hybridized carbons (Fsp3) is 0.923. The molecule has 100 valence electrons. The zero-order valence-electron chi connectivity index (χ0n) is 11.5. The lowest BCUT2D eigenvalue weighted by atomic mass is 9.83. The topological polar surface area (TPSA) is 44.4 Å². The SMILES string of the molecule is CCN(CC)CCNC(=O)C1(CC)CCNC1. The monoisotopic (exact) mass is 241 g/mol. The Morgan fingerprint density at radius 3 is 2.53 bits per heavy atom. The molecular formula is C13H27N3O. The van der Waals surface area contributed by atoms with E-state index in [4.69, 9.17) is 0 Å². The Morgan fingerprint density at radius 1 is 1.35 bits per heavy atom. The summed E-state index contributed by atoms with van der Waals surface area (Å²) in [5, 5.41) is 6.39. The largest absolute Gasteiger partial charge is 0.354 e. The second kappa shape index (κ2) is 6.97. The minimum Gasteiger partial charge on any atom is -0.354 e. The number of hydrogen-bond acceptors (Lipinski definition) is 3. The Labute approximate surface area is 105 Å².